The number of ether oxygens (including phenoxy) is 2. The molecule has 0 N–H and O–H groups in total. The maximum Gasteiger partial charge on any atom is 0.502 e. The van der Waals surface area contributed by atoms with Crippen LogP contribution in [0.15, 0.2) is 91.1 Å². The van der Waals surface area contributed by atoms with E-state index >= 15 is 0 Å². The molecule has 1 aliphatic rings. The highest BCUT2D eigenvalue weighted by molar-refractivity contribution is 6.64. The van der Waals surface area contributed by atoms with Gasteiger partial charge in [-0.15, -0.1) is 0 Å². The van der Waals surface area contributed by atoms with Gasteiger partial charge in [-0.25, -0.2) is 0 Å². The molecule has 2 heterocycles. The highest BCUT2D eigenvalue weighted by Gasteiger charge is 2.53. The highest BCUT2D eigenvalue weighted by atomic mass is 16.7. The topological polar surface area (TPSA) is 49.8 Å². The third kappa shape index (κ3) is 6.09. The van der Waals surface area contributed by atoms with E-state index in [0.29, 0.717) is 22.7 Å². The van der Waals surface area contributed by atoms with E-state index in [9.17, 15) is 0 Å². The Labute approximate surface area is 238 Å². The summed E-state index contributed by atoms with van der Waals surface area (Å²) in [5.74, 6) is 2.63. The molecule has 1 fully saturated rings. The molecular formula is C34H38BNO4. The van der Waals surface area contributed by atoms with Crippen molar-refractivity contribution in [3.05, 3.63) is 96.7 Å². The Hall–Kier alpha value is -3.61. The maximum atomic E-state index is 6.68. The van der Waals surface area contributed by atoms with E-state index in [-0.39, 0.29) is 5.41 Å². The number of benzene rings is 3. The molecule has 1 aromatic heterocycles. The maximum absolute atomic E-state index is 6.68. The van der Waals surface area contributed by atoms with Crippen LogP contribution in [0.2, 0.25) is 0 Å². The minimum absolute atomic E-state index is 0.172. The molecular weight excluding hydrogens is 497 g/mol. The fourth-order valence-corrected chi connectivity index (χ4v) is 4.74. The molecule has 5 rings (SSSR count). The zero-order valence-electron chi connectivity index (χ0n) is 24.5. The van der Waals surface area contributed by atoms with E-state index in [2.05, 4.69) is 32.9 Å². The van der Waals surface area contributed by atoms with E-state index in [1.54, 1.807) is 0 Å². The number of rotatable bonds is 7. The van der Waals surface area contributed by atoms with Crippen LogP contribution in [-0.4, -0.2) is 23.3 Å². The summed E-state index contributed by atoms with van der Waals surface area (Å²) >= 11 is 0. The summed E-state index contributed by atoms with van der Waals surface area (Å²) in [5.41, 5.74) is 2.84. The van der Waals surface area contributed by atoms with Crippen LogP contribution in [0.25, 0.3) is 11.3 Å². The molecule has 1 aliphatic heterocycles. The van der Waals surface area contributed by atoms with Crippen LogP contribution in [0.4, 0.5) is 0 Å². The quantitative estimate of drug-likeness (QED) is 0.223. The van der Waals surface area contributed by atoms with Gasteiger partial charge in [0.15, 0.2) is 0 Å². The molecule has 1 saturated heterocycles. The number of pyridine rings is 1. The second kappa shape index (κ2) is 10.8. The molecule has 0 unspecified atom stereocenters. The van der Waals surface area contributed by atoms with Gasteiger partial charge in [-0.2, -0.15) is 0 Å². The van der Waals surface area contributed by atoms with Gasteiger partial charge in [0.1, 0.15) is 23.0 Å². The summed E-state index contributed by atoms with van der Waals surface area (Å²) in [6.45, 7) is 14.9. The molecule has 0 amide bonds. The Morgan fingerprint density at radius 3 is 2.00 bits per heavy atom. The molecule has 40 heavy (non-hydrogen) atoms. The van der Waals surface area contributed by atoms with Gasteiger partial charge >= 0.3 is 7.12 Å². The number of para-hydroxylation sites is 2. The van der Waals surface area contributed by atoms with Crippen molar-refractivity contribution >= 4 is 12.6 Å². The molecule has 5 nitrogen and oxygen atoms in total. The highest BCUT2D eigenvalue weighted by Crippen LogP contribution is 2.40. The molecule has 3 aromatic carbocycles. The lowest BCUT2D eigenvalue weighted by Crippen LogP contribution is -2.41. The smallest absolute Gasteiger partial charge is 0.458 e. The predicted octanol–water partition coefficient (Wildman–Crippen LogP) is 8.22. The summed E-state index contributed by atoms with van der Waals surface area (Å²) < 4.78 is 26.0. The lowest BCUT2D eigenvalue weighted by Gasteiger charge is -2.32. The monoisotopic (exact) mass is 535 g/mol. The Morgan fingerprint density at radius 2 is 1.32 bits per heavy atom. The lowest BCUT2D eigenvalue weighted by molar-refractivity contribution is 0.00578. The minimum Gasteiger partial charge on any atom is -0.458 e. The van der Waals surface area contributed by atoms with Crippen molar-refractivity contribution in [1.82, 2.24) is 4.98 Å². The summed E-state index contributed by atoms with van der Waals surface area (Å²) in [7, 11) is -0.680. The molecule has 0 radical (unpaired) electrons. The molecule has 0 bridgehead atoms. The normalized spacial score (nSPS) is 16.1. The number of hydrogen-bond donors (Lipinski definition) is 0. The van der Waals surface area contributed by atoms with Crippen molar-refractivity contribution in [3.63, 3.8) is 0 Å². The van der Waals surface area contributed by atoms with Gasteiger partial charge in [0.25, 0.3) is 0 Å². The zero-order valence-corrected chi connectivity index (χ0v) is 24.5. The van der Waals surface area contributed by atoms with Crippen LogP contribution in [0.1, 0.15) is 54.0 Å². The second-order valence-electron chi connectivity index (χ2n) is 12.6. The Bertz CT molecular complexity index is 1460. The van der Waals surface area contributed by atoms with E-state index in [0.717, 1.165) is 23.4 Å². The number of hydrogen-bond acceptors (Lipinski definition) is 5. The zero-order chi connectivity index (χ0) is 28.5. The van der Waals surface area contributed by atoms with Crippen molar-refractivity contribution in [2.24, 2.45) is 5.41 Å². The third-order valence-corrected chi connectivity index (χ3v) is 7.43. The van der Waals surface area contributed by atoms with Gasteiger partial charge in [0.2, 0.25) is 0 Å². The van der Waals surface area contributed by atoms with Crippen molar-refractivity contribution in [3.8, 4) is 34.3 Å². The first-order chi connectivity index (χ1) is 18.9. The number of nitrogens with zero attached hydrogens (tertiary/aromatic N) is 1. The van der Waals surface area contributed by atoms with Crippen molar-refractivity contribution in [1.29, 1.82) is 0 Å². The Kier molecular flexibility index (Phi) is 7.51. The fraction of sp³-hybridized carbons (Fsp3) is 0.324. The summed E-state index contributed by atoms with van der Waals surface area (Å²) in [5, 5.41) is 0. The van der Waals surface area contributed by atoms with E-state index in [1.165, 1.54) is 5.56 Å². The summed E-state index contributed by atoms with van der Waals surface area (Å²) in [4.78, 5) is 4.70. The Balaban J connectivity index is 1.56. The molecule has 6 heteroatoms. The molecule has 0 aliphatic carbocycles. The molecule has 0 spiro atoms. The average Bonchev–Trinajstić information content (AvgIpc) is 3.10. The molecule has 0 atom stereocenters. The van der Waals surface area contributed by atoms with Crippen molar-refractivity contribution < 1.29 is 18.8 Å². The summed E-state index contributed by atoms with van der Waals surface area (Å²) in [6, 6.07) is 27.7. The van der Waals surface area contributed by atoms with Crippen LogP contribution in [0.3, 0.4) is 0 Å². The SMILES string of the molecule is CC(C)(C)Cc1ccnc(-c2ccccc2Oc2cccc(Oc3ccccc3)c2B2OC(C)(C)C(C)(C)O2)c1. The van der Waals surface area contributed by atoms with Gasteiger partial charge in [0, 0.05) is 11.8 Å². The van der Waals surface area contributed by atoms with Gasteiger partial charge < -0.3 is 18.8 Å². The first-order valence-electron chi connectivity index (χ1n) is 13.9. The molecule has 206 valence electrons. The van der Waals surface area contributed by atoms with Crippen molar-refractivity contribution in [2.45, 2.75) is 66.1 Å². The van der Waals surface area contributed by atoms with Gasteiger partial charge in [0.05, 0.1) is 22.4 Å². The van der Waals surface area contributed by atoms with E-state index in [4.69, 9.17) is 23.8 Å². The van der Waals surface area contributed by atoms with Crippen LogP contribution in [0, 0.1) is 5.41 Å². The van der Waals surface area contributed by atoms with Crippen LogP contribution < -0.4 is 14.9 Å². The minimum atomic E-state index is -0.680. The average molecular weight is 535 g/mol. The fourth-order valence-electron chi connectivity index (χ4n) is 4.74. The summed E-state index contributed by atoms with van der Waals surface area (Å²) in [6.07, 6.45) is 2.83. The van der Waals surface area contributed by atoms with Crippen LogP contribution in [0.5, 0.6) is 23.0 Å². The van der Waals surface area contributed by atoms with Crippen molar-refractivity contribution in [2.75, 3.05) is 0 Å². The standard InChI is InChI=1S/C34H38BNO4/c1-32(2,3)23-24-20-21-36-27(22-24)26-16-11-12-17-28(26)38-30-19-13-18-29(37-25-14-9-8-10-15-25)31(30)35-39-33(4,5)34(6,7)40-35/h8-22H,23H2,1-7H3. The van der Waals surface area contributed by atoms with E-state index < -0.39 is 18.3 Å². The molecule has 4 aromatic rings. The van der Waals surface area contributed by atoms with Gasteiger partial charge in [-0.05, 0) is 93.6 Å². The first-order valence-corrected chi connectivity index (χ1v) is 13.9. The molecule has 0 saturated carbocycles. The van der Waals surface area contributed by atoms with Crippen LogP contribution in [-0.2, 0) is 15.7 Å². The van der Waals surface area contributed by atoms with Crippen LogP contribution >= 0.6 is 0 Å². The number of aromatic nitrogens is 1. The third-order valence-electron chi connectivity index (χ3n) is 7.43. The predicted molar refractivity (Wildman–Crippen MR) is 162 cm³/mol. The van der Waals surface area contributed by atoms with Gasteiger partial charge in [-0.1, -0.05) is 57.2 Å². The Morgan fingerprint density at radius 1 is 0.725 bits per heavy atom. The first kappa shape index (κ1) is 27.9. The largest absolute Gasteiger partial charge is 0.502 e. The lowest BCUT2D eigenvalue weighted by atomic mass is 9.77. The van der Waals surface area contributed by atoms with Gasteiger partial charge in [-0.3, -0.25) is 4.98 Å². The van der Waals surface area contributed by atoms with E-state index in [1.807, 2.05) is 107 Å². The second-order valence-corrected chi connectivity index (χ2v) is 12.6.